The Hall–Kier alpha value is -4.39. The van der Waals surface area contributed by atoms with E-state index in [1.54, 1.807) is 6.20 Å². The van der Waals surface area contributed by atoms with Gasteiger partial charge in [-0.05, 0) is 92.9 Å². The van der Waals surface area contributed by atoms with Crippen molar-refractivity contribution in [2.24, 2.45) is 5.41 Å². The second kappa shape index (κ2) is 12.1. The molecule has 2 saturated carbocycles. The van der Waals surface area contributed by atoms with E-state index in [0.29, 0.717) is 54.5 Å². The molecule has 0 atom stereocenters. The first-order valence-electron chi connectivity index (χ1n) is 18.2. The van der Waals surface area contributed by atoms with Crippen molar-refractivity contribution in [3.63, 3.8) is 0 Å². The number of alkyl halides is 3. The lowest BCUT2D eigenvalue weighted by Gasteiger charge is -2.54. The zero-order valence-electron chi connectivity index (χ0n) is 28.8. The van der Waals surface area contributed by atoms with Crippen molar-refractivity contribution in [3.05, 3.63) is 48.2 Å². The van der Waals surface area contributed by atoms with Crippen molar-refractivity contribution in [2.75, 3.05) is 50.8 Å². The minimum atomic E-state index is -4.56. The monoisotopic (exact) mass is 701 g/mol. The number of rotatable bonds is 9. The number of amides is 1. The van der Waals surface area contributed by atoms with E-state index in [4.69, 9.17) is 19.4 Å². The van der Waals surface area contributed by atoms with Gasteiger partial charge in [-0.15, -0.1) is 0 Å². The van der Waals surface area contributed by atoms with E-state index in [2.05, 4.69) is 32.6 Å². The third-order valence-corrected chi connectivity index (χ3v) is 11.8. The molecule has 13 heteroatoms. The van der Waals surface area contributed by atoms with Crippen LogP contribution in [-0.4, -0.2) is 100 Å². The average Bonchev–Trinajstić information content (AvgIpc) is 3.79. The number of carbonyl (C=O) groups excluding carboxylic acids is 1. The molecule has 5 fully saturated rings. The zero-order valence-corrected chi connectivity index (χ0v) is 28.8. The van der Waals surface area contributed by atoms with Crippen LogP contribution in [0.15, 0.2) is 37.1 Å². The van der Waals surface area contributed by atoms with Crippen LogP contribution in [0.4, 0.5) is 19.0 Å². The Morgan fingerprint density at radius 2 is 1.84 bits per heavy atom. The van der Waals surface area contributed by atoms with E-state index in [1.165, 1.54) is 12.5 Å². The summed E-state index contributed by atoms with van der Waals surface area (Å²) in [5, 5.41) is 8.79. The number of ether oxygens (including phenoxy) is 2. The van der Waals surface area contributed by atoms with Gasteiger partial charge in [-0.3, -0.25) is 9.89 Å². The van der Waals surface area contributed by atoms with Crippen LogP contribution < -0.4 is 14.4 Å². The molecule has 5 heterocycles. The Balaban J connectivity index is 1.17. The Morgan fingerprint density at radius 1 is 1.08 bits per heavy atom. The van der Waals surface area contributed by atoms with Crippen LogP contribution in [0.3, 0.4) is 0 Å². The van der Waals surface area contributed by atoms with Crippen molar-refractivity contribution in [3.8, 4) is 22.9 Å². The molecule has 51 heavy (non-hydrogen) atoms. The van der Waals surface area contributed by atoms with E-state index in [-0.39, 0.29) is 35.1 Å². The fourth-order valence-electron chi connectivity index (χ4n) is 8.59. The fourth-order valence-corrected chi connectivity index (χ4v) is 8.59. The first kappa shape index (κ1) is 32.5. The van der Waals surface area contributed by atoms with E-state index < -0.39 is 12.8 Å². The van der Waals surface area contributed by atoms with Crippen LogP contribution in [0.2, 0.25) is 0 Å². The largest absolute Gasteiger partial charge is 0.481 e. The van der Waals surface area contributed by atoms with E-state index in [1.807, 2.05) is 24.0 Å². The maximum atomic E-state index is 14.0. The molecule has 1 spiro atoms. The number of nitrogens with zero attached hydrogens (tertiary/aromatic N) is 6. The van der Waals surface area contributed by atoms with Crippen molar-refractivity contribution < 1.29 is 27.4 Å². The normalized spacial score (nSPS) is 23.2. The van der Waals surface area contributed by atoms with Gasteiger partial charge in [0, 0.05) is 66.8 Å². The maximum absolute atomic E-state index is 14.0. The standard InChI is InChI=1S/C38H42F3N7O3/c1-3-30(49)48-19-37(20-48)9-13-47(14-10-37)35-27-17-26(23-6-7-23)32(31-22(2)5-8-29-28(31)18-42-45-29)34(50-21-38(39,40)41)33(27)43-36(44-35)51-25-15-24(16-25)46-11-4-12-46/h3,5,8,17-18,23-25H,1,4,6-7,9-16,19-21H2,2H3,(H,42,45)/t24-,25-. The molecule has 2 aromatic carbocycles. The van der Waals surface area contributed by atoms with Crippen LogP contribution in [0.5, 0.6) is 11.8 Å². The highest BCUT2D eigenvalue weighted by Crippen LogP contribution is 2.53. The SMILES string of the molecule is C=CC(=O)N1CC2(CCN(c3nc(O[C@H]4C[C@H](N5CCC5)C4)nc4c(OCC(F)(F)F)c(-c5c(C)ccc6[nH]ncc56)c(C5CC5)cc34)CC2)C1. The summed E-state index contributed by atoms with van der Waals surface area (Å²) in [5.74, 6) is 0.889. The number of fused-ring (bicyclic) bond motifs is 2. The molecule has 2 aliphatic carbocycles. The summed E-state index contributed by atoms with van der Waals surface area (Å²) in [5.41, 5.74) is 4.44. The zero-order chi connectivity index (χ0) is 35.1. The minimum Gasteiger partial charge on any atom is -0.481 e. The van der Waals surface area contributed by atoms with Crippen molar-refractivity contribution in [1.29, 1.82) is 0 Å². The Bertz CT molecular complexity index is 2020. The van der Waals surface area contributed by atoms with Gasteiger partial charge in [0.15, 0.2) is 12.4 Å². The van der Waals surface area contributed by atoms with Crippen LogP contribution in [0.25, 0.3) is 32.9 Å². The maximum Gasteiger partial charge on any atom is 0.422 e. The van der Waals surface area contributed by atoms with Gasteiger partial charge in [0.1, 0.15) is 17.4 Å². The molecule has 0 unspecified atom stereocenters. The fraction of sp³-hybridized carbons (Fsp3) is 0.526. The van der Waals surface area contributed by atoms with E-state index in [9.17, 15) is 18.0 Å². The van der Waals surface area contributed by atoms with Crippen molar-refractivity contribution >= 4 is 33.5 Å². The molecular weight excluding hydrogens is 659 g/mol. The number of H-pyrrole nitrogens is 1. The molecule has 0 bridgehead atoms. The summed E-state index contributed by atoms with van der Waals surface area (Å²) in [7, 11) is 0. The van der Waals surface area contributed by atoms with E-state index in [0.717, 1.165) is 79.2 Å². The summed E-state index contributed by atoms with van der Waals surface area (Å²) in [4.78, 5) is 28.7. The Morgan fingerprint density at radius 3 is 2.51 bits per heavy atom. The molecule has 2 aromatic heterocycles. The molecule has 3 aliphatic heterocycles. The molecule has 5 aliphatic rings. The molecule has 10 nitrogen and oxygen atoms in total. The first-order valence-corrected chi connectivity index (χ1v) is 18.2. The van der Waals surface area contributed by atoms with Gasteiger partial charge in [-0.1, -0.05) is 12.6 Å². The van der Waals surface area contributed by atoms with Crippen molar-refractivity contribution in [1.82, 2.24) is 30.0 Å². The molecule has 1 N–H and O–H groups in total. The van der Waals surface area contributed by atoms with Crippen LogP contribution in [-0.2, 0) is 4.79 Å². The number of piperidine rings is 1. The highest BCUT2D eigenvalue weighted by Gasteiger charge is 2.47. The summed E-state index contributed by atoms with van der Waals surface area (Å²) in [6.45, 7) is 9.15. The number of hydrogen-bond donors (Lipinski definition) is 1. The smallest absolute Gasteiger partial charge is 0.422 e. The average molecular weight is 702 g/mol. The molecular formula is C38H42F3N7O3. The minimum absolute atomic E-state index is 0.0449. The van der Waals surface area contributed by atoms with Crippen molar-refractivity contribution in [2.45, 2.75) is 76.1 Å². The van der Waals surface area contributed by atoms with E-state index >= 15 is 0 Å². The quantitative estimate of drug-likeness (QED) is 0.197. The predicted octanol–water partition coefficient (Wildman–Crippen LogP) is 6.53. The second-order valence-corrected chi connectivity index (χ2v) is 15.3. The lowest BCUT2D eigenvalue weighted by Crippen LogP contribution is -2.61. The van der Waals surface area contributed by atoms with Gasteiger partial charge < -0.3 is 24.2 Å². The van der Waals surface area contributed by atoms with Crippen LogP contribution in [0.1, 0.15) is 62.0 Å². The molecule has 268 valence electrons. The van der Waals surface area contributed by atoms with Gasteiger partial charge in [0.2, 0.25) is 5.91 Å². The molecule has 0 radical (unpaired) electrons. The lowest BCUT2D eigenvalue weighted by atomic mass is 9.72. The number of aryl methyl sites for hydroxylation is 1. The molecule has 9 rings (SSSR count). The summed E-state index contributed by atoms with van der Waals surface area (Å²) >= 11 is 0. The van der Waals surface area contributed by atoms with Gasteiger partial charge >= 0.3 is 12.2 Å². The highest BCUT2D eigenvalue weighted by molar-refractivity contribution is 6.06. The molecule has 3 saturated heterocycles. The summed E-state index contributed by atoms with van der Waals surface area (Å²) in [6.07, 6.45) is 5.01. The van der Waals surface area contributed by atoms with Gasteiger partial charge in [-0.25, -0.2) is 0 Å². The second-order valence-electron chi connectivity index (χ2n) is 15.3. The van der Waals surface area contributed by atoms with Gasteiger partial charge in [0.05, 0.1) is 11.7 Å². The Kier molecular flexibility index (Phi) is 7.71. The third kappa shape index (κ3) is 5.87. The number of likely N-dealkylation sites (tertiary alicyclic amines) is 2. The topological polar surface area (TPSA) is 99.7 Å². The summed E-state index contributed by atoms with van der Waals surface area (Å²) < 4.78 is 54.4. The van der Waals surface area contributed by atoms with Gasteiger partial charge in [-0.2, -0.15) is 28.2 Å². The number of aromatic amines is 1. The van der Waals surface area contributed by atoms with Crippen LogP contribution >= 0.6 is 0 Å². The van der Waals surface area contributed by atoms with Gasteiger partial charge in [0.25, 0.3) is 0 Å². The Labute approximate surface area is 294 Å². The summed E-state index contributed by atoms with van der Waals surface area (Å²) in [6, 6.07) is 6.64. The number of carbonyl (C=O) groups is 1. The number of halogens is 3. The lowest BCUT2D eigenvalue weighted by molar-refractivity contribution is -0.153. The molecule has 4 aromatic rings. The molecule has 1 amide bonds. The number of hydrogen-bond acceptors (Lipinski definition) is 8. The third-order valence-electron chi connectivity index (χ3n) is 11.8. The number of nitrogens with one attached hydrogen (secondary N) is 1. The number of anilines is 1. The predicted molar refractivity (Wildman–Crippen MR) is 187 cm³/mol. The first-order chi connectivity index (χ1) is 24.6. The van der Waals surface area contributed by atoms with Crippen LogP contribution in [0, 0.1) is 12.3 Å². The number of aromatic nitrogens is 4. The number of benzene rings is 2. The highest BCUT2D eigenvalue weighted by atomic mass is 19.4.